The fourth-order valence-electron chi connectivity index (χ4n) is 3.74. The van der Waals surface area contributed by atoms with Gasteiger partial charge < -0.3 is 9.11 Å². The first-order chi connectivity index (χ1) is 18.6. The summed E-state index contributed by atoms with van der Waals surface area (Å²) in [6.45, 7) is 4.60. The van der Waals surface area contributed by atoms with Gasteiger partial charge in [0.15, 0.2) is 0 Å². The molecule has 9 heteroatoms. The van der Waals surface area contributed by atoms with Crippen molar-refractivity contribution in [2.75, 3.05) is 0 Å². The number of benzene rings is 2. The van der Waals surface area contributed by atoms with Crippen molar-refractivity contribution in [1.82, 2.24) is 0 Å². The van der Waals surface area contributed by atoms with Crippen LogP contribution in [0.25, 0.3) is 0 Å². The van der Waals surface area contributed by atoms with Gasteiger partial charge in [0, 0.05) is 0 Å². The van der Waals surface area contributed by atoms with Gasteiger partial charge in [-0.2, -0.15) is 0 Å². The first-order valence-electron chi connectivity index (χ1n) is 14.2. The zero-order valence-corrected chi connectivity index (χ0v) is 28.3. The molecule has 220 valence electrons. The molecule has 0 aliphatic rings. The van der Waals surface area contributed by atoms with Crippen LogP contribution in [0.4, 0.5) is 0 Å². The van der Waals surface area contributed by atoms with E-state index in [-0.39, 0.29) is 21.1 Å². The molecule has 0 aromatic heterocycles. The third kappa shape index (κ3) is 29.9. The molecule has 0 heterocycles. The average Bonchev–Trinajstić information content (AvgIpc) is 2.87. The second kappa shape index (κ2) is 24.8. The molecule has 0 saturated carbocycles. The molecule has 2 rings (SSSR count). The van der Waals surface area contributed by atoms with E-state index in [0.717, 1.165) is 0 Å². The fourth-order valence-corrected chi connectivity index (χ4v) is 8.51. The van der Waals surface area contributed by atoms with Crippen LogP contribution in [0.3, 0.4) is 0 Å². The summed E-state index contributed by atoms with van der Waals surface area (Å²) in [6, 6.07) is 16.7. The Labute approximate surface area is 249 Å². The normalized spacial score (nSPS) is 11.0. The quantitative estimate of drug-likeness (QED) is 0.0901. The van der Waals surface area contributed by atoms with Crippen LogP contribution < -0.4 is 0 Å². The minimum absolute atomic E-state index is 0.0736. The van der Waals surface area contributed by atoms with Crippen LogP contribution in [0.5, 0.6) is 0 Å². The van der Waals surface area contributed by atoms with Crippen molar-refractivity contribution in [3.8, 4) is 0 Å². The third-order valence-corrected chi connectivity index (χ3v) is 11.2. The zero-order chi connectivity index (χ0) is 29.2. The number of hydrogen-bond donors (Lipinski definition) is 0. The zero-order valence-electron chi connectivity index (χ0n) is 23.9. The van der Waals surface area contributed by atoms with Gasteiger partial charge >= 0.3 is 121 Å². The van der Waals surface area contributed by atoms with E-state index in [1.54, 1.807) is 82.4 Å². The third-order valence-electron chi connectivity index (χ3n) is 5.79. The van der Waals surface area contributed by atoms with Gasteiger partial charge in [-0.3, -0.25) is 0 Å². The van der Waals surface area contributed by atoms with E-state index >= 15 is 0 Å². The van der Waals surface area contributed by atoms with Gasteiger partial charge in [-0.25, -0.2) is 16.8 Å². The van der Waals surface area contributed by atoms with Crippen LogP contribution in [0, 0.1) is 0 Å². The Bertz CT molecular complexity index is 930. The van der Waals surface area contributed by atoms with Gasteiger partial charge in [0.25, 0.3) is 0 Å². The van der Waals surface area contributed by atoms with Crippen molar-refractivity contribution < 1.29 is 25.9 Å². The molecule has 0 unspecified atom stereocenters. The molecule has 6 nitrogen and oxygen atoms in total. The van der Waals surface area contributed by atoms with Crippen LogP contribution in [0.1, 0.15) is 102 Å². The Morgan fingerprint density at radius 2 is 0.821 bits per heavy atom. The summed E-state index contributed by atoms with van der Waals surface area (Å²) in [7, 11) is -8.25. The monoisotopic (exact) mass is 688 g/mol. The Morgan fingerprint density at radius 3 is 1.13 bits per heavy atom. The molecule has 0 bridgehead atoms. The summed E-state index contributed by atoms with van der Waals surface area (Å²) in [5, 5.41) is 0. The Hall–Kier alpha value is -0.941. The van der Waals surface area contributed by atoms with Crippen molar-refractivity contribution in [3.05, 3.63) is 71.8 Å². The van der Waals surface area contributed by atoms with Crippen LogP contribution >= 0.6 is 0 Å². The first kappa shape index (κ1) is 38.1. The van der Waals surface area contributed by atoms with E-state index in [4.69, 9.17) is 0 Å². The van der Waals surface area contributed by atoms with Crippen molar-refractivity contribution in [2.45, 2.75) is 111 Å². The largest absolute Gasteiger partial charge is 0.748 e. The molecule has 0 fully saturated rings. The Balaban J connectivity index is 0.000000575. The smallest absolute Gasteiger partial charge is 0.0988 e. The van der Waals surface area contributed by atoms with Gasteiger partial charge in [0.1, 0.15) is 0 Å². The van der Waals surface area contributed by atoms with Crippen molar-refractivity contribution >= 4 is 41.4 Å². The van der Waals surface area contributed by atoms with E-state index in [1.165, 1.54) is 64.2 Å². The summed E-state index contributed by atoms with van der Waals surface area (Å²) in [6.07, 6.45) is 17.8. The second-order valence-electron chi connectivity index (χ2n) is 9.66. The van der Waals surface area contributed by atoms with Crippen LogP contribution in [-0.2, 0) is 31.7 Å². The van der Waals surface area contributed by atoms with Crippen molar-refractivity contribution in [1.29, 1.82) is 0 Å². The molecule has 2 aromatic rings. The summed E-state index contributed by atoms with van der Waals surface area (Å²) in [4.78, 5) is 0. The molecule has 0 radical (unpaired) electrons. The van der Waals surface area contributed by atoms with E-state index in [2.05, 4.69) is 13.8 Å². The van der Waals surface area contributed by atoms with Crippen LogP contribution in [-0.4, -0.2) is 47.1 Å². The van der Waals surface area contributed by atoms with Crippen molar-refractivity contribution in [3.63, 3.8) is 0 Å². The molecule has 2 aromatic carbocycles. The van der Waals surface area contributed by atoms with Gasteiger partial charge in [0.2, 0.25) is 0 Å². The van der Waals surface area contributed by atoms with E-state index in [0.29, 0.717) is 11.1 Å². The van der Waals surface area contributed by atoms with Gasteiger partial charge in [-0.1, -0.05) is 60.7 Å². The molecule has 0 spiro atoms. The molecular formula is C30H48O6S2Sn. The van der Waals surface area contributed by atoms with Gasteiger partial charge in [0.05, 0.1) is 31.7 Å². The van der Waals surface area contributed by atoms with E-state index in [9.17, 15) is 25.9 Å². The van der Waals surface area contributed by atoms with Crippen molar-refractivity contribution in [2.24, 2.45) is 0 Å². The number of unbranched alkanes of at least 4 members (excludes halogenated alkanes) is 10. The predicted octanol–water partition coefficient (Wildman–Crippen LogP) is 7.71. The Morgan fingerprint density at radius 1 is 0.513 bits per heavy atom. The van der Waals surface area contributed by atoms with E-state index < -0.39 is 31.7 Å². The van der Waals surface area contributed by atoms with Gasteiger partial charge in [-0.15, -0.1) is 0 Å². The fraction of sp³-hybridized carbons (Fsp3) is 0.600. The summed E-state index contributed by atoms with van der Waals surface area (Å²) < 4.78 is 64.8. The summed E-state index contributed by atoms with van der Waals surface area (Å²) in [5.74, 6) is -0.846. The minimum atomic E-state index is -4.13. The van der Waals surface area contributed by atoms with Crippen LogP contribution in [0.2, 0.25) is 8.87 Å². The molecule has 39 heavy (non-hydrogen) atoms. The first-order valence-corrected chi connectivity index (χ1v) is 21.4. The molecule has 0 aliphatic heterocycles. The molecule has 0 saturated heterocycles. The molecule has 0 aliphatic carbocycles. The topological polar surface area (TPSA) is 114 Å². The predicted molar refractivity (Wildman–Crippen MR) is 162 cm³/mol. The summed E-state index contributed by atoms with van der Waals surface area (Å²) in [5.41, 5.74) is 1.06. The SMILES string of the molecule is CCCCCCC[CH2][Sn+2][CH2]CCCCCCC.O=S(=O)([O-])Cc1ccccc1.O=S(=O)([O-])Cc1ccccc1. The molecule has 0 amide bonds. The average molecular weight is 688 g/mol. The van der Waals surface area contributed by atoms with E-state index in [1.807, 2.05) is 0 Å². The maximum absolute atomic E-state index is 10.2. The van der Waals surface area contributed by atoms with Crippen LogP contribution in [0.15, 0.2) is 60.7 Å². The molecular weight excluding hydrogens is 639 g/mol. The van der Waals surface area contributed by atoms with Gasteiger partial charge in [-0.05, 0) is 11.1 Å². The second-order valence-corrected chi connectivity index (χ2v) is 16.7. The number of hydrogen-bond acceptors (Lipinski definition) is 6. The standard InChI is InChI=1S/2C8H17.2C7H8O3S.Sn/c2*1-3-5-7-8-6-4-2;2*8-11(9,10)6-7-4-2-1-3-5-7;/h2*1,3-8H2,2H3;2*1-5H,6H2,(H,8,9,10);/q;;;;+2/p-2. The summed E-state index contributed by atoms with van der Waals surface area (Å²) >= 11 is 0.0736. The molecule has 0 atom stereocenters. The maximum atomic E-state index is 10.2. The number of rotatable bonds is 18. The minimum Gasteiger partial charge on any atom is -0.748 e. The maximum Gasteiger partial charge on any atom is 0.0988 e. The Kier molecular flexibility index (Phi) is 24.2. The molecule has 0 N–H and O–H groups in total.